The minimum Gasteiger partial charge on any atom is -0.315 e. The summed E-state index contributed by atoms with van der Waals surface area (Å²) in [6.07, 6.45) is 0.779. The number of sulfonamides is 1. The lowest BCUT2D eigenvalue weighted by atomic mass is 10.0. The first-order chi connectivity index (χ1) is 9.53. The van der Waals surface area contributed by atoms with Crippen molar-refractivity contribution in [2.45, 2.75) is 11.3 Å². The Hall–Kier alpha value is -1.44. The molecule has 7 heteroatoms. The molecule has 1 fully saturated rings. The number of hydrogen-bond acceptors (Lipinski definition) is 4. The van der Waals surface area contributed by atoms with Gasteiger partial charge in [-0.3, -0.25) is 4.79 Å². The topological polar surface area (TPSA) is 78.5 Å². The maximum Gasteiger partial charge on any atom is 0.240 e. The fraction of sp³-hybridized carbons (Fsp3) is 0.462. The first-order valence-corrected chi connectivity index (χ1v) is 8.10. The number of carbonyl (C=O) groups is 1. The van der Waals surface area contributed by atoms with Crippen molar-refractivity contribution in [2.75, 3.05) is 31.6 Å². The summed E-state index contributed by atoms with van der Waals surface area (Å²) in [5.41, 5.74) is 1.76. The van der Waals surface area contributed by atoms with Crippen LogP contribution >= 0.6 is 0 Å². The van der Waals surface area contributed by atoms with Crippen molar-refractivity contribution in [2.24, 2.45) is 5.92 Å². The van der Waals surface area contributed by atoms with Gasteiger partial charge in [0.15, 0.2) is 0 Å². The van der Waals surface area contributed by atoms with Crippen LogP contribution in [0.5, 0.6) is 0 Å². The van der Waals surface area contributed by atoms with Gasteiger partial charge in [0.1, 0.15) is 0 Å². The maximum atomic E-state index is 12.3. The highest BCUT2D eigenvalue weighted by Crippen LogP contribution is 2.31. The lowest BCUT2D eigenvalue weighted by Crippen LogP contribution is -2.51. The third-order valence-electron chi connectivity index (χ3n) is 3.93. The van der Waals surface area contributed by atoms with Gasteiger partial charge in [-0.05, 0) is 31.2 Å². The Bertz CT molecular complexity index is 653. The number of nitrogens with zero attached hydrogens (tertiary/aromatic N) is 1. The van der Waals surface area contributed by atoms with E-state index < -0.39 is 10.0 Å². The van der Waals surface area contributed by atoms with Crippen molar-refractivity contribution < 1.29 is 13.2 Å². The van der Waals surface area contributed by atoms with Crippen LogP contribution in [0.4, 0.5) is 5.69 Å². The first kappa shape index (κ1) is 13.5. The molecule has 1 aromatic carbocycles. The number of carbonyl (C=O) groups excluding carboxylic acids is 1. The van der Waals surface area contributed by atoms with E-state index >= 15 is 0 Å². The molecule has 2 aliphatic heterocycles. The number of rotatable bonds is 3. The monoisotopic (exact) mass is 295 g/mol. The van der Waals surface area contributed by atoms with Crippen LogP contribution in [-0.2, 0) is 21.2 Å². The van der Waals surface area contributed by atoms with Gasteiger partial charge in [0.2, 0.25) is 15.9 Å². The summed E-state index contributed by atoms with van der Waals surface area (Å²) in [6, 6.07) is 4.98. The average molecular weight is 295 g/mol. The molecule has 0 aliphatic carbocycles. The molecule has 3 rings (SSSR count). The zero-order valence-corrected chi connectivity index (χ0v) is 12.0. The maximum absolute atomic E-state index is 12.3. The van der Waals surface area contributed by atoms with Gasteiger partial charge >= 0.3 is 0 Å². The molecule has 2 N–H and O–H groups in total. The summed E-state index contributed by atoms with van der Waals surface area (Å²) in [5, 5.41) is 3.08. The molecule has 1 saturated heterocycles. The molecule has 2 aliphatic rings. The Labute approximate surface area is 118 Å². The van der Waals surface area contributed by atoms with E-state index in [2.05, 4.69) is 10.0 Å². The van der Waals surface area contributed by atoms with E-state index in [9.17, 15) is 13.2 Å². The van der Waals surface area contributed by atoms with Crippen LogP contribution < -0.4 is 14.9 Å². The van der Waals surface area contributed by atoms with E-state index in [-0.39, 0.29) is 16.7 Å². The van der Waals surface area contributed by atoms with Gasteiger partial charge in [-0.15, -0.1) is 0 Å². The van der Waals surface area contributed by atoms with Gasteiger partial charge in [-0.25, -0.2) is 13.1 Å². The smallest absolute Gasteiger partial charge is 0.240 e. The Morgan fingerprint density at radius 3 is 2.75 bits per heavy atom. The van der Waals surface area contributed by atoms with Crippen LogP contribution in [-0.4, -0.2) is 41.0 Å². The van der Waals surface area contributed by atoms with Gasteiger partial charge in [0, 0.05) is 25.3 Å². The molecule has 2 heterocycles. The highest BCUT2D eigenvalue weighted by atomic mass is 32.2. The number of amides is 1. The lowest BCUT2D eigenvalue weighted by Gasteiger charge is -2.30. The number of nitrogens with one attached hydrogen (secondary N) is 2. The predicted octanol–water partition coefficient (Wildman–Crippen LogP) is -0.297. The normalized spacial score (nSPS) is 18.8. The van der Waals surface area contributed by atoms with Crippen LogP contribution in [0.25, 0.3) is 0 Å². The highest BCUT2D eigenvalue weighted by molar-refractivity contribution is 7.89. The SMILES string of the molecule is CNS(=O)(=O)c1ccc2c(c1)N(C(=O)C1CNC1)CC2. The summed E-state index contributed by atoms with van der Waals surface area (Å²) >= 11 is 0. The van der Waals surface area contributed by atoms with Crippen molar-refractivity contribution in [3.05, 3.63) is 23.8 Å². The molecule has 6 nitrogen and oxygen atoms in total. The summed E-state index contributed by atoms with van der Waals surface area (Å²) in [4.78, 5) is 14.3. The van der Waals surface area contributed by atoms with E-state index in [4.69, 9.17) is 0 Å². The lowest BCUT2D eigenvalue weighted by molar-refractivity contribution is -0.123. The number of anilines is 1. The second-order valence-corrected chi connectivity index (χ2v) is 6.98. The van der Waals surface area contributed by atoms with E-state index in [1.807, 2.05) is 0 Å². The predicted molar refractivity (Wildman–Crippen MR) is 75.1 cm³/mol. The average Bonchev–Trinajstić information content (AvgIpc) is 2.79. The fourth-order valence-corrected chi connectivity index (χ4v) is 3.31. The molecule has 0 unspecified atom stereocenters. The van der Waals surface area contributed by atoms with E-state index in [0.29, 0.717) is 19.6 Å². The van der Waals surface area contributed by atoms with E-state index in [1.165, 1.54) is 7.05 Å². The Morgan fingerprint density at radius 1 is 1.40 bits per heavy atom. The molecule has 0 spiro atoms. The zero-order chi connectivity index (χ0) is 14.3. The second kappa shape index (κ2) is 4.83. The quantitative estimate of drug-likeness (QED) is 0.803. The third-order valence-corrected chi connectivity index (χ3v) is 5.34. The Balaban J connectivity index is 1.95. The molecular formula is C13H17N3O3S. The zero-order valence-electron chi connectivity index (χ0n) is 11.2. The van der Waals surface area contributed by atoms with Crippen molar-refractivity contribution in [3.8, 4) is 0 Å². The number of fused-ring (bicyclic) bond motifs is 1. The van der Waals surface area contributed by atoms with Crippen molar-refractivity contribution in [3.63, 3.8) is 0 Å². The molecule has 0 aromatic heterocycles. The number of benzene rings is 1. The molecule has 0 radical (unpaired) electrons. The van der Waals surface area contributed by atoms with Gasteiger partial charge in [0.25, 0.3) is 0 Å². The minimum atomic E-state index is -3.48. The highest BCUT2D eigenvalue weighted by Gasteiger charge is 2.33. The molecule has 1 amide bonds. The molecule has 1 aromatic rings. The van der Waals surface area contributed by atoms with Crippen molar-refractivity contribution in [1.82, 2.24) is 10.0 Å². The number of hydrogen-bond donors (Lipinski definition) is 2. The molecule has 0 atom stereocenters. The summed E-state index contributed by atoms with van der Waals surface area (Å²) in [5.74, 6) is 0.104. The van der Waals surface area contributed by atoms with Crippen molar-refractivity contribution >= 4 is 21.6 Å². The molecular weight excluding hydrogens is 278 g/mol. The van der Waals surface area contributed by atoms with Gasteiger partial charge in [-0.2, -0.15) is 0 Å². The van der Waals surface area contributed by atoms with Crippen molar-refractivity contribution in [1.29, 1.82) is 0 Å². The van der Waals surface area contributed by atoms with Crippen LogP contribution in [0.2, 0.25) is 0 Å². The van der Waals surface area contributed by atoms with Crippen LogP contribution in [0.1, 0.15) is 5.56 Å². The van der Waals surface area contributed by atoms with Crippen LogP contribution in [0, 0.1) is 5.92 Å². The van der Waals surface area contributed by atoms with Gasteiger partial charge in [-0.1, -0.05) is 6.07 Å². The standard InChI is InChI=1S/C13H17N3O3S/c1-14-20(18,19)11-3-2-9-4-5-16(12(9)6-11)13(17)10-7-15-8-10/h2-3,6,10,14-15H,4-5,7-8H2,1H3. The second-order valence-electron chi connectivity index (χ2n) is 5.09. The summed E-state index contributed by atoms with van der Waals surface area (Å²) in [6.45, 7) is 2.05. The molecule has 20 heavy (non-hydrogen) atoms. The van der Waals surface area contributed by atoms with E-state index in [0.717, 1.165) is 17.7 Å². The Morgan fingerprint density at radius 2 is 2.15 bits per heavy atom. The van der Waals surface area contributed by atoms with E-state index in [1.54, 1.807) is 23.1 Å². The van der Waals surface area contributed by atoms with Crippen LogP contribution in [0.15, 0.2) is 23.1 Å². The Kier molecular flexibility index (Phi) is 3.27. The molecule has 0 bridgehead atoms. The molecule has 108 valence electrons. The summed E-state index contributed by atoms with van der Waals surface area (Å²) in [7, 11) is -2.10. The first-order valence-electron chi connectivity index (χ1n) is 6.61. The minimum absolute atomic E-state index is 0.0190. The third kappa shape index (κ3) is 2.11. The van der Waals surface area contributed by atoms with Gasteiger partial charge < -0.3 is 10.2 Å². The van der Waals surface area contributed by atoms with Crippen LogP contribution in [0.3, 0.4) is 0 Å². The fourth-order valence-electron chi connectivity index (χ4n) is 2.56. The van der Waals surface area contributed by atoms with Gasteiger partial charge in [0.05, 0.1) is 10.8 Å². The largest absolute Gasteiger partial charge is 0.315 e. The molecule has 0 saturated carbocycles. The summed E-state index contributed by atoms with van der Waals surface area (Å²) < 4.78 is 26.0.